The number of carbonyl (C=O) groups excluding carboxylic acids is 1. The zero-order chi connectivity index (χ0) is 13.3. The average molecular weight is 299 g/mol. The molecule has 0 aliphatic carbocycles. The molecule has 0 aliphatic rings. The summed E-state index contributed by atoms with van der Waals surface area (Å²) in [5.41, 5.74) is -0.636. The van der Waals surface area contributed by atoms with Gasteiger partial charge in [0.05, 0.1) is 6.20 Å². The first-order chi connectivity index (χ1) is 7.58. The SMILES string of the molecule is CC(C)(C)OC(=O)Nc1ncc(S(=O)(=O)Cl)s1. The van der Waals surface area contributed by atoms with Crippen LogP contribution >= 0.6 is 22.0 Å². The standard InChI is InChI=1S/C8H11ClN2O4S2/c1-8(2,3)15-7(12)11-6-10-4-5(16-6)17(9,13)14/h4H,1-3H3,(H,10,11,12). The van der Waals surface area contributed by atoms with Crippen molar-refractivity contribution in [1.29, 1.82) is 0 Å². The van der Waals surface area contributed by atoms with Crippen molar-refractivity contribution >= 4 is 42.3 Å². The Hall–Kier alpha value is -0.860. The molecule has 0 saturated heterocycles. The second-order valence-corrected chi connectivity index (χ2v) is 7.87. The third-order valence-corrected chi connectivity index (χ3v) is 4.31. The highest BCUT2D eigenvalue weighted by Crippen LogP contribution is 2.25. The zero-order valence-corrected chi connectivity index (χ0v) is 11.7. The van der Waals surface area contributed by atoms with Crippen molar-refractivity contribution in [2.75, 3.05) is 5.32 Å². The number of anilines is 1. The van der Waals surface area contributed by atoms with Gasteiger partial charge < -0.3 is 4.74 Å². The first kappa shape index (κ1) is 14.2. The first-order valence-corrected chi connectivity index (χ1v) is 7.61. The van der Waals surface area contributed by atoms with Gasteiger partial charge in [-0.05, 0) is 20.8 Å². The van der Waals surface area contributed by atoms with E-state index in [9.17, 15) is 13.2 Å². The van der Waals surface area contributed by atoms with Gasteiger partial charge in [-0.2, -0.15) is 0 Å². The summed E-state index contributed by atoms with van der Waals surface area (Å²) in [5, 5.41) is 2.42. The van der Waals surface area contributed by atoms with Crippen molar-refractivity contribution in [3.05, 3.63) is 6.20 Å². The van der Waals surface area contributed by atoms with E-state index in [1.165, 1.54) is 0 Å². The summed E-state index contributed by atoms with van der Waals surface area (Å²) in [6.45, 7) is 5.13. The number of thiazole rings is 1. The van der Waals surface area contributed by atoms with E-state index in [1.54, 1.807) is 20.8 Å². The summed E-state index contributed by atoms with van der Waals surface area (Å²) in [6.07, 6.45) is 0.366. The molecule has 1 N–H and O–H groups in total. The quantitative estimate of drug-likeness (QED) is 0.847. The molecule has 0 aliphatic heterocycles. The highest BCUT2D eigenvalue weighted by Gasteiger charge is 2.19. The molecule has 0 saturated carbocycles. The molecule has 1 aromatic rings. The van der Waals surface area contributed by atoms with Crippen LogP contribution in [0.25, 0.3) is 0 Å². The van der Waals surface area contributed by atoms with E-state index in [-0.39, 0.29) is 9.34 Å². The van der Waals surface area contributed by atoms with Crippen molar-refractivity contribution in [3.63, 3.8) is 0 Å². The van der Waals surface area contributed by atoms with Crippen molar-refractivity contribution in [2.45, 2.75) is 30.6 Å². The number of amides is 1. The maximum atomic E-state index is 11.3. The van der Waals surface area contributed by atoms with Crippen LogP contribution < -0.4 is 5.32 Å². The molecular formula is C8H11ClN2O4S2. The Balaban J connectivity index is 2.71. The predicted octanol–water partition coefficient (Wildman–Crippen LogP) is 2.42. The Morgan fingerprint density at radius 2 is 2.12 bits per heavy atom. The molecule has 6 nitrogen and oxygen atoms in total. The number of halogens is 1. The van der Waals surface area contributed by atoms with Crippen molar-refractivity contribution in [1.82, 2.24) is 4.98 Å². The Bertz CT molecular complexity index is 518. The zero-order valence-electron chi connectivity index (χ0n) is 9.35. The van der Waals surface area contributed by atoms with Gasteiger partial charge >= 0.3 is 6.09 Å². The van der Waals surface area contributed by atoms with Gasteiger partial charge in [-0.15, -0.1) is 0 Å². The van der Waals surface area contributed by atoms with Gasteiger partial charge in [-0.25, -0.2) is 18.2 Å². The van der Waals surface area contributed by atoms with Gasteiger partial charge in [0.25, 0.3) is 9.05 Å². The lowest BCUT2D eigenvalue weighted by molar-refractivity contribution is 0.0636. The Kier molecular flexibility index (Phi) is 4.00. The summed E-state index contributed by atoms with van der Waals surface area (Å²) in [6, 6.07) is 0. The lowest BCUT2D eigenvalue weighted by atomic mass is 10.2. The maximum absolute atomic E-state index is 11.3. The summed E-state index contributed by atoms with van der Waals surface area (Å²) >= 11 is 0.751. The molecule has 1 amide bonds. The smallest absolute Gasteiger partial charge is 0.413 e. The topological polar surface area (TPSA) is 85.4 Å². The van der Waals surface area contributed by atoms with Crippen LogP contribution in [0.1, 0.15) is 20.8 Å². The summed E-state index contributed by atoms with van der Waals surface area (Å²) < 4.78 is 26.7. The number of aromatic nitrogens is 1. The second-order valence-electron chi connectivity index (χ2n) is 4.05. The third kappa shape index (κ3) is 4.88. The van der Waals surface area contributed by atoms with Crippen LogP contribution in [-0.4, -0.2) is 25.1 Å². The van der Waals surface area contributed by atoms with Gasteiger partial charge in [0, 0.05) is 10.7 Å². The highest BCUT2D eigenvalue weighted by molar-refractivity contribution is 8.15. The number of hydrogen-bond acceptors (Lipinski definition) is 6. The summed E-state index contributed by atoms with van der Waals surface area (Å²) in [4.78, 5) is 15.0. The van der Waals surface area contributed by atoms with Crippen LogP contribution in [0.5, 0.6) is 0 Å². The number of nitrogens with zero attached hydrogens (tertiary/aromatic N) is 1. The van der Waals surface area contributed by atoms with Crippen LogP contribution in [0.3, 0.4) is 0 Å². The molecule has 1 aromatic heterocycles. The molecule has 1 rings (SSSR count). The number of ether oxygens (including phenoxy) is 1. The number of carbonyl (C=O) groups is 1. The van der Waals surface area contributed by atoms with E-state index in [4.69, 9.17) is 15.4 Å². The van der Waals surface area contributed by atoms with Crippen LogP contribution in [0.15, 0.2) is 10.4 Å². The van der Waals surface area contributed by atoms with E-state index in [2.05, 4.69) is 10.3 Å². The van der Waals surface area contributed by atoms with Crippen molar-refractivity contribution in [3.8, 4) is 0 Å². The average Bonchev–Trinajstić information content (AvgIpc) is 2.47. The summed E-state index contributed by atoms with van der Waals surface area (Å²) in [5.74, 6) is 0. The van der Waals surface area contributed by atoms with Gasteiger partial charge in [0.15, 0.2) is 9.34 Å². The van der Waals surface area contributed by atoms with Crippen LogP contribution in [0, 0.1) is 0 Å². The molecule has 9 heteroatoms. The maximum Gasteiger partial charge on any atom is 0.413 e. The van der Waals surface area contributed by atoms with Gasteiger partial charge in [-0.1, -0.05) is 11.3 Å². The third-order valence-electron chi connectivity index (χ3n) is 1.33. The monoisotopic (exact) mass is 298 g/mol. The van der Waals surface area contributed by atoms with Crippen LogP contribution in [-0.2, 0) is 13.8 Å². The number of hydrogen-bond donors (Lipinski definition) is 1. The van der Waals surface area contributed by atoms with Crippen molar-refractivity contribution < 1.29 is 17.9 Å². The molecule has 1 heterocycles. The van der Waals surface area contributed by atoms with Gasteiger partial charge in [-0.3, -0.25) is 5.32 Å². The van der Waals surface area contributed by atoms with Gasteiger partial charge in [0.2, 0.25) is 0 Å². The van der Waals surface area contributed by atoms with Crippen LogP contribution in [0.4, 0.5) is 9.93 Å². The fourth-order valence-corrected chi connectivity index (χ4v) is 2.57. The van der Waals surface area contributed by atoms with Crippen LogP contribution in [0.2, 0.25) is 0 Å². The lowest BCUT2D eigenvalue weighted by Crippen LogP contribution is -2.27. The Morgan fingerprint density at radius 1 is 1.53 bits per heavy atom. The van der Waals surface area contributed by atoms with E-state index >= 15 is 0 Å². The fraction of sp³-hybridized carbons (Fsp3) is 0.500. The Labute approximate surface area is 107 Å². The molecule has 0 bridgehead atoms. The predicted molar refractivity (Wildman–Crippen MR) is 65.0 cm³/mol. The minimum absolute atomic E-state index is 0.110. The Morgan fingerprint density at radius 3 is 2.53 bits per heavy atom. The highest BCUT2D eigenvalue weighted by atomic mass is 35.7. The van der Waals surface area contributed by atoms with E-state index in [1.807, 2.05) is 0 Å². The molecule has 96 valence electrons. The van der Waals surface area contributed by atoms with E-state index in [0.717, 1.165) is 17.5 Å². The lowest BCUT2D eigenvalue weighted by Gasteiger charge is -2.18. The largest absolute Gasteiger partial charge is 0.444 e. The molecule has 17 heavy (non-hydrogen) atoms. The normalized spacial score (nSPS) is 12.2. The van der Waals surface area contributed by atoms with Gasteiger partial charge in [0.1, 0.15) is 5.60 Å². The molecule has 0 fully saturated rings. The second kappa shape index (κ2) is 4.79. The number of rotatable bonds is 2. The minimum atomic E-state index is -3.82. The molecule has 0 atom stereocenters. The summed E-state index contributed by atoms with van der Waals surface area (Å²) in [7, 11) is 1.30. The molecule has 0 radical (unpaired) electrons. The molecule has 0 unspecified atom stereocenters. The van der Waals surface area contributed by atoms with E-state index in [0.29, 0.717) is 0 Å². The van der Waals surface area contributed by atoms with E-state index < -0.39 is 20.7 Å². The minimum Gasteiger partial charge on any atom is -0.444 e. The molecule has 0 spiro atoms. The molecular weight excluding hydrogens is 288 g/mol. The fourth-order valence-electron chi connectivity index (χ4n) is 0.821. The number of nitrogens with one attached hydrogen (secondary N) is 1. The van der Waals surface area contributed by atoms with Crippen molar-refractivity contribution in [2.24, 2.45) is 0 Å². The first-order valence-electron chi connectivity index (χ1n) is 4.48. The molecule has 0 aromatic carbocycles.